The summed E-state index contributed by atoms with van der Waals surface area (Å²) < 4.78 is 35.0. The number of nitrogens with zero attached hydrogens (tertiary/aromatic N) is 1. The predicted octanol–water partition coefficient (Wildman–Crippen LogP) is -0.493. The van der Waals surface area contributed by atoms with Crippen LogP contribution in [0.1, 0.15) is 33.9 Å². The number of aromatic nitrogens is 2. The number of methoxy groups -OCH3 is 1. The average Bonchev–Trinajstić information content (AvgIpc) is 2.99. The quantitative estimate of drug-likeness (QED) is 0.208. The van der Waals surface area contributed by atoms with Gasteiger partial charge in [0, 0.05) is 12.3 Å². The molecule has 6 atom stereocenters. The van der Waals surface area contributed by atoms with Gasteiger partial charge < -0.3 is 28.9 Å². The number of hydrogen-bond acceptors (Lipinski definition) is 12. The Bertz CT molecular complexity index is 1070. The molecule has 0 amide bonds. The number of nitrogens with one attached hydrogen (secondary N) is 2. The molecule has 1 aliphatic heterocycles. The molecular weight excluding hydrogens is 509 g/mol. The highest BCUT2D eigenvalue weighted by Crippen LogP contribution is 2.57. The van der Waals surface area contributed by atoms with Crippen LogP contribution in [0.5, 0.6) is 0 Å². The first-order valence-corrected chi connectivity index (χ1v) is 13.7. The minimum Gasteiger partial charge on any atom is -0.468 e. The summed E-state index contributed by atoms with van der Waals surface area (Å²) in [6.45, 7) is 1.34. The second-order valence-electron chi connectivity index (χ2n) is 8.19. The highest BCUT2D eigenvalue weighted by Gasteiger charge is 2.54. The summed E-state index contributed by atoms with van der Waals surface area (Å²) in [7, 11) is 1.15. The first-order chi connectivity index (χ1) is 16.2. The predicted molar refractivity (Wildman–Crippen MR) is 124 cm³/mol. The molecule has 1 aromatic heterocycles. The van der Waals surface area contributed by atoms with E-state index in [9.17, 15) is 34.0 Å². The molecule has 2 heterocycles. The zero-order valence-corrected chi connectivity index (χ0v) is 21.5. The Morgan fingerprint density at radius 2 is 2.03 bits per heavy atom. The number of carbonyl (C=O) groups is 2. The van der Waals surface area contributed by atoms with Gasteiger partial charge in [0.25, 0.3) is 5.56 Å². The van der Waals surface area contributed by atoms with Crippen LogP contribution in [-0.4, -0.2) is 81.1 Å². The van der Waals surface area contributed by atoms with Crippen LogP contribution in [0.15, 0.2) is 21.9 Å². The first kappa shape index (κ1) is 29.2. The van der Waals surface area contributed by atoms with Crippen LogP contribution in [0, 0.1) is 0 Å². The van der Waals surface area contributed by atoms with Gasteiger partial charge in [-0.05, 0) is 39.1 Å². The number of aliphatic hydroxyl groups excluding tert-OH is 1. The number of ether oxygens (including phenoxy) is 3. The lowest BCUT2D eigenvalue weighted by Gasteiger charge is -2.27. The Balaban J connectivity index is 2.19. The summed E-state index contributed by atoms with van der Waals surface area (Å²) in [5, 5.41) is 23.9. The van der Waals surface area contributed by atoms with Gasteiger partial charge in [-0.25, -0.2) is 9.88 Å². The minimum absolute atomic E-state index is 0.381. The molecule has 1 fully saturated rings. The molecular formula is C19H30N3O11PS. The second-order valence-corrected chi connectivity index (χ2v) is 12.5. The van der Waals surface area contributed by atoms with Gasteiger partial charge in [-0.3, -0.25) is 28.5 Å². The van der Waals surface area contributed by atoms with Crippen LogP contribution in [-0.2, 0) is 32.9 Å². The van der Waals surface area contributed by atoms with Crippen LogP contribution in [0.25, 0.3) is 0 Å². The molecule has 0 aromatic carbocycles. The molecule has 0 radical (unpaired) electrons. The SMILES string of the molecule is COC(=O)CSP(=O)(NC(C)C(=O)OC(C)C)OC[C@H]1O[C@@H](n2ccc(=O)[nH]c2=O)[C@](C)(O)[C@@H]1O. The van der Waals surface area contributed by atoms with E-state index < -0.39 is 72.7 Å². The molecule has 35 heavy (non-hydrogen) atoms. The Morgan fingerprint density at radius 1 is 1.37 bits per heavy atom. The van der Waals surface area contributed by atoms with Gasteiger partial charge in [0.1, 0.15) is 29.6 Å². The van der Waals surface area contributed by atoms with Crippen molar-refractivity contribution in [2.45, 2.75) is 63.9 Å². The van der Waals surface area contributed by atoms with E-state index in [-0.39, 0.29) is 5.75 Å². The average molecular weight is 540 g/mol. The number of rotatable bonds is 11. The molecule has 2 unspecified atom stereocenters. The topological polar surface area (TPSA) is 195 Å². The van der Waals surface area contributed by atoms with Crippen LogP contribution in [0.4, 0.5) is 0 Å². The largest absolute Gasteiger partial charge is 0.468 e. The molecule has 0 bridgehead atoms. The summed E-state index contributed by atoms with van der Waals surface area (Å²) in [6.07, 6.45) is -3.62. The van der Waals surface area contributed by atoms with E-state index in [0.29, 0.717) is 11.4 Å². The molecule has 0 saturated carbocycles. The molecule has 14 nitrogen and oxygen atoms in total. The number of aromatic amines is 1. The monoisotopic (exact) mass is 539 g/mol. The number of esters is 2. The second kappa shape index (κ2) is 11.8. The van der Waals surface area contributed by atoms with Gasteiger partial charge in [0.15, 0.2) is 6.23 Å². The summed E-state index contributed by atoms with van der Waals surface area (Å²) >= 11 is 0.552. The van der Waals surface area contributed by atoms with Crippen molar-refractivity contribution in [3.05, 3.63) is 33.1 Å². The maximum Gasteiger partial charge on any atom is 0.330 e. The van der Waals surface area contributed by atoms with E-state index in [1.165, 1.54) is 13.8 Å². The number of H-pyrrole nitrogens is 1. The van der Waals surface area contributed by atoms with Gasteiger partial charge in [0.05, 0.1) is 19.8 Å². The van der Waals surface area contributed by atoms with Crippen LogP contribution in [0.2, 0.25) is 0 Å². The number of carbonyl (C=O) groups excluding carboxylic acids is 2. The Morgan fingerprint density at radius 3 is 2.60 bits per heavy atom. The summed E-state index contributed by atoms with van der Waals surface area (Å²) in [5.74, 6) is -1.79. The van der Waals surface area contributed by atoms with Crippen molar-refractivity contribution in [1.82, 2.24) is 14.6 Å². The smallest absolute Gasteiger partial charge is 0.330 e. The number of aliphatic hydroxyl groups is 2. The zero-order valence-electron chi connectivity index (χ0n) is 19.8. The molecule has 1 aliphatic rings. The molecule has 16 heteroatoms. The van der Waals surface area contributed by atoms with Crippen molar-refractivity contribution in [3.8, 4) is 0 Å². The summed E-state index contributed by atoms with van der Waals surface area (Å²) in [4.78, 5) is 49.2. The molecule has 0 spiro atoms. The van der Waals surface area contributed by atoms with E-state index in [2.05, 4.69) is 9.82 Å². The fourth-order valence-electron chi connectivity index (χ4n) is 3.09. The Kier molecular flexibility index (Phi) is 9.87. The molecule has 1 aromatic rings. The standard InChI is InChI=1S/C19H30N3O11PS/c1-10(2)32-16(26)11(3)21-34(29,35-9-14(24)30-5)31-8-12-15(25)19(4,28)17(33-12)22-7-6-13(23)20-18(22)27/h6-7,10-12,15,17,25,28H,8-9H2,1-5H3,(H,21,29)(H,20,23,27)/t11?,12-,15-,17-,19-,34?/m1/s1. The van der Waals surface area contributed by atoms with Crippen molar-refractivity contribution < 1.29 is 43.1 Å². The van der Waals surface area contributed by atoms with E-state index >= 15 is 0 Å². The van der Waals surface area contributed by atoms with E-state index in [1.54, 1.807) is 13.8 Å². The fraction of sp³-hybridized carbons (Fsp3) is 0.684. The summed E-state index contributed by atoms with van der Waals surface area (Å²) in [6, 6.07) is -0.0469. The van der Waals surface area contributed by atoms with Gasteiger partial charge in [-0.2, -0.15) is 0 Å². The normalized spacial score (nSPS) is 26.8. The van der Waals surface area contributed by atoms with E-state index in [4.69, 9.17) is 14.0 Å². The van der Waals surface area contributed by atoms with Gasteiger partial charge in [-0.1, -0.05) is 0 Å². The van der Waals surface area contributed by atoms with Crippen molar-refractivity contribution >= 4 is 30.0 Å². The van der Waals surface area contributed by atoms with E-state index in [0.717, 1.165) is 23.9 Å². The molecule has 0 aliphatic carbocycles. The van der Waals surface area contributed by atoms with Gasteiger partial charge in [-0.15, -0.1) is 0 Å². The van der Waals surface area contributed by atoms with Crippen LogP contribution in [0.3, 0.4) is 0 Å². The highest BCUT2D eigenvalue weighted by molar-refractivity contribution is 8.56. The lowest BCUT2D eigenvalue weighted by atomic mass is 9.96. The maximum absolute atomic E-state index is 13.4. The van der Waals surface area contributed by atoms with Gasteiger partial charge >= 0.3 is 24.3 Å². The Hall–Kier alpha value is -2.00. The molecule has 2 rings (SSSR count). The van der Waals surface area contributed by atoms with E-state index in [1.807, 2.05) is 4.98 Å². The minimum atomic E-state index is -3.99. The molecule has 198 valence electrons. The van der Waals surface area contributed by atoms with Crippen LogP contribution >= 0.6 is 18.1 Å². The third kappa shape index (κ3) is 7.49. The molecule has 1 saturated heterocycles. The van der Waals surface area contributed by atoms with Crippen molar-refractivity contribution in [1.29, 1.82) is 0 Å². The van der Waals surface area contributed by atoms with Crippen molar-refractivity contribution in [2.75, 3.05) is 19.5 Å². The Labute approximate surface area is 204 Å². The van der Waals surface area contributed by atoms with Crippen LogP contribution < -0.4 is 16.3 Å². The van der Waals surface area contributed by atoms with Crippen molar-refractivity contribution in [2.24, 2.45) is 0 Å². The fourth-order valence-corrected chi connectivity index (χ4v) is 6.56. The summed E-state index contributed by atoms with van der Waals surface area (Å²) in [5.41, 5.74) is -3.54. The third-order valence-corrected chi connectivity index (χ3v) is 8.84. The lowest BCUT2D eigenvalue weighted by Crippen LogP contribution is -2.47. The lowest BCUT2D eigenvalue weighted by molar-refractivity contribution is -0.149. The van der Waals surface area contributed by atoms with Gasteiger partial charge in [0.2, 0.25) is 0 Å². The third-order valence-electron chi connectivity index (χ3n) is 4.90. The molecule has 4 N–H and O–H groups in total. The van der Waals surface area contributed by atoms with Crippen molar-refractivity contribution in [3.63, 3.8) is 0 Å². The highest BCUT2D eigenvalue weighted by atomic mass is 32.7. The number of hydrogen-bond donors (Lipinski definition) is 4. The zero-order chi connectivity index (χ0) is 26.6. The maximum atomic E-state index is 13.4. The first-order valence-electron chi connectivity index (χ1n) is 10.5.